The Kier molecular flexibility index (Phi) is 4.92. The van der Waals surface area contributed by atoms with Gasteiger partial charge in [0.25, 0.3) is 0 Å². The number of piperazine rings is 1. The number of amides is 1. The lowest BCUT2D eigenvalue weighted by molar-refractivity contribution is -0.129. The highest BCUT2D eigenvalue weighted by atomic mass is 35.5. The third kappa shape index (κ3) is 4.10. The van der Waals surface area contributed by atoms with Gasteiger partial charge in [0, 0.05) is 31.9 Å². The van der Waals surface area contributed by atoms with Crippen molar-refractivity contribution in [2.24, 2.45) is 0 Å². The van der Waals surface area contributed by atoms with E-state index in [0.29, 0.717) is 11.0 Å². The van der Waals surface area contributed by atoms with Gasteiger partial charge in [-0.1, -0.05) is 29.8 Å². The fourth-order valence-electron chi connectivity index (χ4n) is 2.56. The SMILES string of the molecule is O=C(CNc1cncc(Cl)n1)N1CCN(c2ccccc2)CC1. The zero-order valence-electron chi connectivity index (χ0n) is 12.7. The highest BCUT2D eigenvalue weighted by Crippen LogP contribution is 2.15. The molecule has 0 spiro atoms. The minimum Gasteiger partial charge on any atom is -0.368 e. The Labute approximate surface area is 140 Å². The standard InChI is InChI=1S/C16H18ClN5O/c17-14-10-18-11-15(20-14)19-12-16(23)22-8-6-21(7-9-22)13-4-2-1-3-5-13/h1-5,10-11H,6-9,12H2,(H,19,20). The van der Waals surface area contributed by atoms with Crippen molar-refractivity contribution in [1.29, 1.82) is 0 Å². The zero-order chi connectivity index (χ0) is 16.1. The Hall–Kier alpha value is -2.34. The van der Waals surface area contributed by atoms with Gasteiger partial charge < -0.3 is 15.1 Å². The lowest BCUT2D eigenvalue weighted by Gasteiger charge is -2.36. The van der Waals surface area contributed by atoms with Crippen LogP contribution in [0.5, 0.6) is 0 Å². The number of hydrogen-bond donors (Lipinski definition) is 1. The molecule has 1 aromatic heterocycles. The van der Waals surface area contributed by atoms with Crippen LogP contribution in [0.3, 0.4) is 0 Å². The molecule has 1 aromatic carbocycles. The van der Waals surface area contributed by atoms with Gasteiger partial charge in [-0.05, 0) is 12.1 Å². The summed E-state index contributed by atoms with van der Waals surface area (Å²) in [7, 11) is 0. The summed E-state index contributed by atoms with van der Waals surface area (Å²) in [5, 5.41) is 3.27. The average Bonchev–Trinajstić information content (AvgIpc) is 2.61. The van der Waals surface area contributed by atoms with E-state index in [4.69, 9.17) is 11.6 Å². The number of carbonyl (C=O) groups excluding carboxylic acids is 1. The molecule has 1 fully saturated rings. The van der Waals surface area contributed by atoms with Gasteiger partial charge in [0.05, 0.1) is 18.9 Å². The Balaban J connectivity index is 1.48. The van der Waals surface area contributed by atoms with Crippen LogP contribution in [0.1, 0.15) is 0 Å². The molecule has 0 saturated carbocycles. The Bertz CT molecular complexity index is 659. The van der Waals surface area contributed by atoms with E-state index in [-0.39, 0.29) is 12.5 Å². The van der Waals surface area contributed by atoms with Crippen molar-refractivity contribution in [3.05, 3.63) is 47.9 Å². The van der Waals surface area contributed by atoms with Crippen molar-refractivity contribution in [3.63, 3.8) is 0 Å². The van der Waals surface area contributed by atoms with Crippen LogP contribution in [0.2, 0.25) is 5.15 Å². The van der Waals surface area contributed by atoms with Gasteiger partial charge in [-0.25, -0.2) is 4.98 Å². The maximum atomic E-state index is 12.3. The van der Waals surface area contributed by atoms with Crippen LogP contribution >= 0.6 is 11.6 Å². The molecule has 1 N–H and O–H groups in total. The van der Waals surface area contributed by atoms with Gasteiger partial charge in [-0.3, -0.25) is 9.78 Å². The summed E-state index contributed by atoms with van der Waals surface area (Å²) >= 11 is 5.77. The average molecular weight is 332 g/mol. The Morgan fingerprint density at radius 1 is 1.13 bits per heavy atom. The number of benzene rings is 1. The number of nitrogens with zero attached hydrogens (tertiary/aromatic N) is 4. The minimum absolute atomic E-state index is 0.0551. The molecule has 23 heavy (non-hydrogen) atoms. The van der Waals surface area contributed by atoms with Crippen molar-refractivity contribution < 1.29 is 4.79 Å². The van der Waals surface area contributed by atoms with E-state index in [1.54, 1.807) is 6.20 Å². The van der Waals surface area contributed by atoms with Crippen LogP contribution in [0.15, 0.2) is 42.7 Å². The number of para-hydroxylation sites is 1. The van der Waals surface area contributed by atoms with Crippen LogP contribution in [0.4, 0.5) is 11.5 Å². The summed E-state index contributed by atoms with van der Waals surface area (Å²) in [6, 6.07) is 10.3. The first kappa shape index (κ1) is 15.6. The van der Waals surface area contributed by atoms with Crippen molar-refractivity contribution in [1.82, 2.24) is 14.9 Å². The Morgan fingerprint density at radius 3 is 2.57 bits per heavy atom. The third-order valence-corrected chi connectivity index (χ3v) is 3.96. The van der Waals surface area contributed by atoms with E-state index in [0.717, 1.165) is 26.2 Å². The maximum Gasteiger partial charge on any atom is 0.242 e. The van der Waals surface area contributed by atoms with Crippen LogP contribution in [0, 0.1) is 0 Å². The second kappa shape index (κ2) is 7.28. The molecular weight excluding hydrogens is 314 g/mol. The van der Waals surface area contributed by atoms with Gasteiger partial charge in [-0.2, -0.15) is 0 Å². The van der Waals surface area contributed by atoms with E-state index >= 15 is 0 Å². The van der Waals surface area contributed by atoms with Crippen molar-refractivity contribution >= 4 is 29.0 Å². The normalized spacial score (nSPS) is 14.7. The molecule has 0 aliphatic carbocycles. The molecule has 2 heterocycles. The van der Waals surface area contributed by atoms with Gasteiger partial charge in [-0.15, -0.1) is 0 Å². The second-order valence-electron chi connectivity index (χ2n) is 5.28. The number of nitrogens with one attached hydrogen (secondary N) is 1. The third-order valence-electron chi connectivity index (χ3n) is 3.78. The summed E-state index contributed by atoms with van der Waals surface area (Å²) in [4.78, 5) is 24.4. The van der Waals surface area contributed by atoms with Crippen molar-refractivity contribution in [2.45, 2.75) is 0 Å². The van der Waals surface area contributed by atoms with E-state index < -0.39 is 0 Å². The number of rotatable bonds is 4. The van der Waals surface area contributed by atoms with Crippen LogP contribution in [-0.2, 0) is 4.79 Å². The number of carbonyl (C=O) groups is 1. The lowest BCUT2D eigenvalue weighted by Crippen LogP contribution is -2.50. The van der Waals surface area contributed by atoms with Crippen molar-refractivity contribution in [2.75, 3.05) is 42.9 Å². The molecule has 120 valence electrons. The van der Waals surface area contributed by atoms with E-state index in [2.05, 4.69) is 32.3 Å². The molecule has 0 atom stereocenters. The number of halogens is 1. The first-order valence-electron chi connectivity index (χ1n) is 7.51. The minimum atomic E-state index is 0.0551. The molecule has 3 rings (SSSR count). The molecule has 1 saturated heterocycles. The van der Waals surface area contributed by atoms with Gasteiger partial charge in [0.15, 0.2) is 0 Å². The van der Waals surface area contributed by atoms with E-state index in [1.807, 2.05) is 23.1 Å². The van der Waals surface area contributed by atoms with E-state index in [9.17, 15) is 4.79 Å². The summed E-state index contributed by atoms with van der Waals surface area (Å²) in [5.41, 5.74) is 1.20. The highest BCUT2D eigenvalue weighted by molar-refractivity contribution is 6.29. The first-order valence-corrected chi connectivity index (χ1v) is 7.89. The van der Waals surface area contributed by atoms with Crippen molar-refractivity contribution in [3.8, 4) is 0 Å². The van der Waals surface area contributed by atoms with Gasteiger partial charge in [0.1, 0.15) is 11.0 Å². The summed E-state index contributed by atoms with van der Waals surface area (Å²) in [6.07, 6.45) is 3.00. The fourth-order valence-corrected chi connectivity index (χ4v) is 2.71. The quantitative estimate of drug-likeness (QED) is 0.927. The smallest absolute Gasteiger partial charge is 0.242 e. The predicted octanol–water partition coefficient (Wildman–Crippen LogP) is 1.89. The number of aromatic nitrogens is 2. The molecule has 0 radical (unpaired) electrons. The largest absolute Gasteiger partial charge is 0.368 e. The molecular formula is C16H18ClN5O. The monoisotopic (exact) mass is 331 g/mol. The topological polar surface area (TPSA) is 61.4 Å². The van der Waals surface area contributed by atoms with Crippen LogP contribution in [0.25, 0.3) is 0 Å². The molecule has 6 nitrogen and oxygen atoms in total. The molecule has 1 aliphatic heterocycles. The molecule has 2 aromatic rings. The number of hydrogen-bond acceptors (Lipinski definition) is 5. The number of anilines is 2. The summed E-state index contributed by atoms with van der Waals surface area (Å²) in [6.45, 7) is 3.31. The van der Waals surface area contributed by atoms with E-state index in [1.165, 1.54) is 11.9 Å². The Morgan fingerprint density at radius 2 is 1.87 bits per heavy atom. The summed E-state index contributed by atoms with van der Waals surface area (Å²) in [5.74, 6) is 0.563. The maximum absolute atomic E-state index is 12.3. The highest BCUT2D eigenvalue weighted by Gasteiger charge is 2.20. The molecule has 0 unspecified atom stereocenters. The summed E-state index contributed by atoms with van der Waals surface area (Å²) < 4.78 is 0. The second-order valence-corrected chi connectivity index (χ2v) is 5.67. The van der Waals surface area contributed by atoms with Crippen LogP contribution in [-0.4, -0.2) is 53.5 Å². The van der Waals surface area contributed by atoms with Crippen LogP contribution < -0.4 is 10.2 Å². The predicted molar refractivity (Wildman–Crippen MR) is 90.8 cm³/mol. The molecule has 1 aliphatic rings. The first-order chi connectivity index (χ1) is 11.2. The van der Waals surface area contributed by atoms with Gasteiger partial charge in [0.2, 0.25) is 5.91 Å². The molecule has 7 heteroatoms. The fraction of sp³-hybridized carbons (Fsp3) is 0.312. The zero-order valence-corrected chi connectivity index (χ0v) is 13.4. The molecule has 0 bridgehead atoms. The molecule has 1 amide bonds. The van der Waals surface area contributed by atoms with Gasteiger partial charge >= 0.3 is 0 Å². The lowest BCUT2D eigenvalue weighted by atomic mass is 10.2.